The van der Waals surface area contributed by atoms with Crippen LogP contribution in [-0.2, 0) is 0 Å². The molecule has 58 valence electrons. The maximum Gasteiger partial charge on any atom is 0.121 e. The van der Waals surface area contributed by atoms with Gasteiger partial charge in [0.05, 0.1) is 0 Å². The van der Waals surface area contributed by atoms with Gasteiger partial charge in [0.15, 0.2) is 0 Å². The van der Waals surface area contributed by atoms with Crippen LogP contribution in [0.3, 0.4) is 0 Å². The highest BCUT2D eigenvalue weighted by Gasteiger charge is 2.01. The Morgan fingerprint density at radius 2 is 2.00 bits per heavy atom. The van der Waals surface area contributed by atoms with Gasteiger partial charge in [0.25, 0.3) is 0 Å². The fourth-order valence-electron chi connectivity index (χ4n) is 1.07. The SMILES string of the molecule is C=Cc1ccc(C)c(O)c1C. The lowest BCUT2D eigenvalue weighted by Crippen LogP contribution is -1.83. The first kappa shape index (κ1) is 7.86. The summed E-state index contributed by atoms with van der Waals surface area (Å²) in [6.45, 7) is 7.42. The minimum Gasteiger partial charge on any atom is -0.507 e. The van der Waals surface area contributed by atoms with Crippen LogP contribution in [0, 0.1) is 13.8 Å². The molecule has 0 aromatic heterocycles. The predicted octanol–water partition coefficient (Wildman–Crippen LogP) is 2.65. The highest BCUT2D eigenvalue weighted by atomic mass is 16.3. The van der Waals surface area contributed by atoms with Crippen molar-refractivity contribution < 1.29 is 5.11 Å². The third kappa shape index (κ3) is 1.27. The number of hydrogen-bond acceptors (Lipinski definition) is 1. The molecule has 0 unspecified atom stereocenters. The van der Waals surface area contributed by atoms with Crippen LogP contribution in [0.25, 0.3) is 6.08 Å². The summed E-state index contributed by atoms with van der Waals surface area (Å²) < 4.78 is 0. The number of phenolic OH excluding ortho intramolecular Hbond substituents is 1. The number of aromatic hydroxyl groups is 1. The van der Waals surface area contributed by atoms with E-state index in [1.165, 1.54) is 0 Å². The van der Waals surface area contributed by atoms with Crippen LogP contribution >= 0.6 is 0 Å². The van der Waals surface area contributed by atoms with Crippen molar-refractivity contribution in [2.75, 3.05) is 0 Å². The molecule has 0 radical (unpaired) electrons. The van der Waals surface area contributed by atoms with Crippen molar-refractivity contribution in [3.8, 4) is 5.75 Å². The highest BCUT2D eigenvalue weighted by Crippen LogP contribution is 2.24. The molecule has 1 nitrogen and oxygen atoms in total. The summed E-state index contributed by atoms with van der Waals surface area (Å²) >= 11 is 0. The van der Waals surface area contributed by atoms with E-state index >= 15 is 0 Å². The molecule has 0 saturated carbocycles. The number of benzene rings is 1. The van der Waals surface area contributed by atoms with Crippen molar-refractivity contribution in [2.24, 2.45) is 0 Å². The van der Waals surface area contributed by atoms with E-state index in [4.69, 9.17) is 0 Å². The summed E-state index contributed by atoms with van der Waals surface area (Å²) in [7, 11) is 0. The van der Waals surface area contributed by atoms with Crippen LogP contribution in [-0.4, -0.2) is 5.11 Å². The highest BCUT2D eigenvalue weighted by molar-refractivity contribution is 5.57. The Hall–Kier alpha value is -1.24. The van der Waals surface area contributed by atoms with Crippen LogP contribution < -0.4 is 0 Å². The number of rotatable bonds is 1. The van der Waals surface area contributed by atoms with Crippen molar-refractivity contribution in [1.29, 1.82) is 0 Å². The topological polar surface area (TPSA) is 20.2 Å². The molecule has 11 heavy (non-hydrogen) atoms. The Balaban J connectivity index is 3.36. The number of phenols is 1. The zero-order valence-electron chi connectivity index (χ0n) is 6.89. The van der Waals surface area contributed by atoms with Gasteiger partial charge in [-0.15, -0.1) is 0 Å². The summed E-state index contributed by atoms with van der Waals surface area (Å²) in [5, 5.41) is 9.47. The zero-order chi connectivity index (χ0) is 8.43. The monoisotopic (exact) mass is 148 g/mol. The molecule has 0 heterocycles. The fourth-order valence-corrected chi connectivity index (χ4v) is 1.07. The Kier molecular flexibility index (Phi) is 1.99. The maximum absolute atomic E-state index is 9.47. The molecule has 0 aliphatic carbocycles. The lowest BCUT2D eigenvalue weighted by atomic mass is 10.0. The third-order valence-electron chi connectivity index (χ3n) is 1.89. The lowest BCUT2D eigenvalue weighted by Gasteiger charge is -2.05. The Bertz CT molecular complexity index is 287. The van der Waals surface area contributed by atoms with E-state index in [1.807, 2.05) is 26.0 Å². The molecule has 0 spiro atoms. The molecule has 0 aliphatic rings. The quantitative estimate of drug-likeness (QED) is 0.649. The van der Waals surface area contributed by atoms with Gasteiger partial charge in [-0.3, -0.25) is 0 Å². The molecule has 0 atom stereocenters. The minimum atomic E-state index is 0.377. The van der Waals surface area contributed by atoms with Gasteiger partial charge < -0.3 is 5.11 Å². The van der Waals surface area contributed by atoms with Gasteiger partial charge in [-0.25, -0.2) is 0 Å². The fraction of sp³-hybridized carbons (Fsp3) is 0.200. The third-order valence-corrected chi connectivity index (χ3v) is 1.89. The summed E-state index contributed by atoms with van der Waals surface area (Å²) in [4.78, 5) is 0. The first-order valence-electron chi connectivity index (χ1n) is 3.58. The predicted molar refractivity (Wildman–Crippen MR) is 47.7 cm³/mol. The van der Waals surface area contributed by atoms with E-state index < -0.39 is 0 Å². The van der Waals surface area contributed by atoms with Crippen molar-refractivity contribution in [3.05, 3.63) is 35.4 Å². The molecule has 1 aromatic carbocycles. The van der Waals surface area contributed by atoms with Crippen LogP contribution in [0.15, 0.2) is 18.7 Å². The average molecular weight is 148 g/mol. The molecule has 0 saturated heterocycles. The molecule has 1 N–H and O–H groups in total. The molecule has 1 rings (SSSR count). The second-order valence-electron chi connectivity index (χ2n) is 2.65. The van der Waals surface area contributed by atoms with Gasteiger partial charge in [-0.2, -0.15) is 0 Å². The standard InChI is InChI=1S/C10H12O/c1-4-9-6-5-7(2)10(11)8(9)3/h4-6,11H,1H2,2-3H3. The van der Waals surface area contributed by atoms with E-state index in [1.54, 1.807) is 6.08 Å². The van der Waals surface area contributed by atoms with Gasteiger partial charge >= 0.3 is 0 Å². The summed E-state index contributed by atoms with van der Waals surface area (Å²) in [6, 6.07) is 3.84. The smallest absolute Gasteiger partial charge is 0.121 e. The maximum atomic E-state index is 9.47. The Morgan fingerprint density at radius 1 is 1.36 bits per heavy atom. The van der Waals surface area contributed by atoms with E-state index in [0.717, 1.165) is 16.7 Å². The van der Waals surface area contributed by atoms with Crippen LogP contribution in [0.4, 0.5) is 0 Å². The molecular formula is C10H12O. The molecule has 1 aromatic rings. The van der Waals surface area contributed by atoms with Crippen LogP contribution in [0.1, 0.15) is 16.7 Å². The number of aryl methyl sites for hydroxylation is 1. The second-order valence-corrected chi connectivity index (χ2v) is 2.65. The van der Waals surface area contributed by atoms with E-state index in [2.05, 4.69) is 6.58 Å². The largest absolute Gasteiger partial charge is 0.507 e. The summed E-state index contributed by atoms with van der Waals surface area (Å²) in [5.41, 5.74) is 2.81. The molecular weight excluding hydrogens is 136 g/mol. The summed E-state index contributed by atoms with van der Waals surface area (Å²) in [6.07, 6.45) is 1.74. The lowest BCUT2D eigenvalue weighted by molar-refractivity contribution is 0.467. The zero-order valence-corrected chi connectivity index (χ0v) is 6.89. The second kappa shape index (κ2) is 2.79. The van der Waals surface area contributed by atoms with E-state index in [-0.39, 0.29) is 0 Å². The van der Waals surface area contributed by atoms with Gasteiger partial charge in [0.2, 0.25) is 0 Å². The van der Waals surface area contributed by atoms with Crippen LogP contribution in [0.5, 0.6) is 5.75 Å². The Morgan fingerprint density at radius 3 is 2.55 bits per heavy atom. The van der Waals surface area contributed by atoms with Gasteiger partial charge in [0.1, 0.15) is 5.75 Å². The van der Waals surface area contributed by atoms with Crippen LogP contribution in [0.2, 0.25) is 0 Å². The normalized spacial score (nSPS) is 9.64. The van der Waals surface area contributed by atoms with Gasteiger partial charge in [0, 0.05) is 0 Å². The van der Waals surface area contributed by atoms with E-state index in [0.29, 0.717) is 5.75 Å². The first-order chi connectivity index (χ1) is 5.16. The van der Waals surface area contributed by atoms with Crippen molar-refractivity contribution in [2.45, 2.75) is 13.8 Å². The Labute approximate surface area is 67.0 Å². The molecule has 0 fully saturated rings. The minimum absolute atomic E-state index is 0.377. The van der Waals surface area contributed by atoms with Crippen molar-refractivity contribution >= 4 is 6.08 Å². The van der Waals surface area contributed by atoms with Gasteiger partial charge in [-0.1, -0.05) is 24.8 Å². The average Bonchev–Trinajstić information content (AvgIpc) is 2.01. The van der Waals surface area contributed by atoms with E-state index in [9.17, 15) is 5.11 Å². The summed E-state index contributed by atoms with van der Waals surface area (Å²) in [5.74, 6) is 0.377. The molecule has 1 heteroatoms. The number of hydrogen-bond donors (Lipinski definition) is 1. The molecule has 0 aliphatic heterocycles. The first-order valence-corrected chi connectivity index (χ1v) is 3.58. The van der Waals surface area contributed by atoms with Crippen molar-refractivity contribution in [3.63, 3.8) is 0 Å². The van der Waals surface area contributed by atoms with Gasteiger partial charge in [-0.05, 0) is 30.5 Å². The molecule has 0 amide bonds. The van der Waals surface area contributed by atoms with Crippen molar-refractivity contribution in [1.82, 2.24) is 0 Å². The molecule has 0 bridgehead atoms.